The SMILES string of the molecule is CCOCC1(CCn2c(=O)[nH]c3cc(F)c(F)cc32)CCN(C(C)(C)c2ccc(C)nc2)C1.O=C(O)CC(O)(CC(=O)O)C(=O)O. The van der Waals surface area contributed by atoms with E-state index in [1.165, 1.54) is 4.57 Å². The van der Waals surface area contributed by atoms with E-state index in [-0.39, 0.29) is 16.6 Å². The third-order valence-electron chi connectivity index (χ3n) is 8.43. The molecular weight excluding hydrogens is 610 g/mol. The van der Waals surface area contributed by atoms with E-state index < -0.39 is 48.0 Å². The first-order valence-electron chi connectivity index (χ1n) is 14.7. The average Bonchev–Trinajstić information content (AvgIpc) is 3.52. The van der Waals surface area contributed by atoms with Crippen molar-refractivity contribution in [1.82, 2.24) is 19.4 Å². The van der Waals surface area contributed by atoms with Crippen molar-refractivity contribution in [1.29, 1.82) is 0 Å². The molecule has 1 aliphatic heterocycles. The number of H-pyrrole nitrogens is 1. The zero-order valence-corrected chi connectivity index (χ0v) is 26.2. The summed E-state index contributed by atoms with van der Waals surface area (Å²) in [6.45, 7) is 11.7. The number of carboxylic acids is 3. The Labute approximate surface area is 263 Å². The molecule has 4 rings (SSSR count). The van der Waals surface area contributed by atoms with Crippen LogP contribution >= 0.6 is 0 Å². The summed E-state index contributed by atoms with van der Waals surface area (Å²) in [5, 5.41) is 33.8. The molecule has 0 radical (unpaired) electrons. The lowest BCUT2D eigenvalue weighted by molar-refractivity contribution is -0.170. The number of aryl methyl sites for hydroxylation is 2. The highest BCUT2D eigenvalue weighted by atomic mass is 19.2. The summed E-state index contributed by atoms with van der Waals surface area (Å²) in [6.07, 6.45) is 1.27. The topological polar surface area (TPSA) is 195 Å². The van der Waals surface area contributed by atoms with Crippen molar-refractivity contribution in [2.75, 3.05) is 26.3 Å². The van der Waals surface area contributed by atoms with Crippen molar-refractivity contribution >= 4 is 28.9 Å². The van der Waals surface area contributed by atoms with Crippen LogP contribution in [0.4, 0.5) is 8.78 Å². The predicted octanol–water partition coefficient (Wildman–Crippen LogP) is 3.12. The van der Waals surface area contributed by atoms with Gasteiger partial charge < -0.3 is 30.1 Å². The van der Waals surface area contributed by atoms with Crippen molar-refractivity contribution in [2.45, 2.75) is 71.1 Å². The number of hydrogen-bond acceptors (Lipinski definition) is 8. The number of benzene rings is 1. The fourth-order valence-corrected chi connectivity index (χ4v) is 5.57. The molecule has 1 unspecified atom stereocenters. The molecule has 5 N–H and O–H groups in total. The summed E-state index contributed by atoms with van der Waals surface area (Å²) in [6, 6.07) is 6.29. The maximum absolute atomic E-state index is 13.9. The molecule has 1 saturated heterocycles. The Bertz CT molecular complexity index is 1600. The van der Waals surface area contributed by atoms with Crippen LogP contribution in [0.15, 0.2) is 35.3 Å². The fraction of sp³-hybridized carbons (Fsp3) is 0.516. The number of pyridine rings is 1. The van der Waals surface area contributed by atoms with Gasteiger partial charge in [0.05, 0.1) is 30.5 Å². The van der Waals surface area contributed by atoms with Gasteiger partial charge in [0.25, 0.3) is 0 Å². The Balaban J connectivity index is 0.000000376. The van der Waals surface area contributed by atoms with Crippen LogP contribution in [-0.4, -0.2) is 89.7 Å². The number of nitrogens with zero attached hydrogens (tertiary/aromatic N) is 3. The summed E-state index contributed by atoms with van der Waals surface area (Å²) in [7, 11) is 0. The van der Waals surface area contributed by atoms with Gasteiger partial charge in [-0.1, -0.05) is 6.07 Å². The van der Waals surface area contributed by atoms with Gasteiger partial charge in [-0.25, -0.2) is 18.4 Å². The maximum atomic E-state index is 13.9. The van der Waals surface area contributed by atoms with E-state index in [1.807, 2.05) is 26.1 Å². The van der Waals surface area contributed by atoms with Crippen LogP contribution in [0.5, 0.6) is 0 Å². The maximum Gasteiger partial charge on any atom is 0.336 e. The van der Waals surface area contributed by atoms with Gasteiger partial charge in [0.1, 0.15) is 0 Å². The lowest BCUT2D eigenvalue weighted by Gasteiger charge is -2.38. The Kier molecular flexibility index (Phi) is 11.4. The van der Waals surface area contributed by atoms with Gasteiger partial charge in [-0.05, 0) is 58.7 Å². The van der Waals surface area contributed by atoms with Gasteiger partial charge in [0.15, 0.2) is 17.2 Å². The van der Waals surface area contributed by atoms with E-state index in [4.69, 9.17) is 25.2 Å². The highest BCUT2D eigenvalue weighted by Gasteiger charge is 2.44. The van der Waals surface area contributed by atoms with Gasteiger partial charge in [-0.2, -0.15) is 0 Å². The minimum atomic E-state index is -2.74. The summed E-state index contributed by atoms with van der Waals surface area (Å²) >= 11 is 0. The molecule has 1 aliphatic rings. The molecule has 0 amide bonds. The highest BCUT2D eigenvalue weighted by molar-refractivity contribution is 5.88. The Morgan fingerprint density at radius 1 is 1.09 bits per heavy atom. The number of ether oxygens (including phenoxy) is 1. The molecule has 15 heteroatoms. The number of hydrogen-bond donors (Lipinski definition) is 5. The molecular formula is C31H40F2N4O9. The second-order valence-electron chi connectivity index (χ2n) is 12.1. The molecule has 46 heavy (non-hydrogen) atoms. The van der Waals surface area contributed by atoms with E-state index in [1.54, 1.807) is 0 Å². The molecule has 2 aromatic heterocycles. The molecule has 0 bridgehead atoms. The van der Waals surface area contributed by atoms with Crippen LogP contribution in [0.2, 0.25) is 0 Å². The number of carbonyl (C=O) groups is 3. The largest absolute Gasteiger partial charge is 0.481 e. The summed E-state index contributed by atoms with van der Waals surface area (Å²) in [4.78, 5) is 52.6. The van der Waals surface area contributed by atoms with E-state index in [2.05, 4.69) is 34.8 Å². The first kappa shape index (κ1) is 36.3. The van der Waals surface area contributed by atoms with Crippen molar-refractivity contribution in [2.24, 2.45) is 5.41 Å². The Morgan fingerprint density at radius 2 is 1.72 bits per heavy atom. The lowest BCUT2D eigenvalue weighted by atomic mass is 9.84. The third-order valence-corrected chi connectivity index (χ3v) is 8.43. The number of aromatic nitrogens is 3. The van der Waals surface area contributed by atoms with E-state index >= 15 is 0 Å². The predicted molar refractivity (Wildman–Crippen MR) is 161 cm³/mol. The highest BCUT2D eigenvalue weighted by Crippen LogP contribution is 2.41. The van der Waals surface area contributed by atoms with Gasteiger partial charge in [-0.15, -0.1) is 0 Å². The monoisotopic (exact) mass is 650 g/mol. The number of halogens is 2. The second kappa shape index (κ2) is 14.5. The zero-order chi connectivity index (χ0) is 34.4. The minimum Gasteiger partial charge on any atom is -0.481 e. The molecule has 3 heterocycles. The average molecular weight is 651 g/mol. The minimum absolute atomic E-state index is 0.146. The summed E-state index contributed by atoms with van der Waals surface area (Å²) in [5.74, 6) is -6.95. The van der Waals surface area contributed by atoms with Crippen LogP contribution in [0, 0.1) is 24.0 Å². The van der Waals surface area contributed by atoms with Crippen molar-refractivity contribution in [3.63, 3.8) is 0 Å². The fourth-order valence-electron chi connectivity index (χ4n) is 5.57. The lowest BCUT2D eigenvalue weighted by Crippen LogP contribution is -2.42. The molecule has 13 nitrogen and oxygen atoms in total. The normalized spacial score (nSPS) is 17.1. The third kappa shape index (κ3) is 8.53. The molecule has 3 aromatic rings. The Hall–Kier alpha value is -4.21. The van der Waals surface area contributed by atoms with Crippen LogP contribution in [0.1, 0.15) is 57.7 Å². The van der Waals surface area contributed by atoms with Crippen LogP contribution in [-0.2, 0) is 31.2 Å². The van der Waals surface area contributed by atoms with Crippen molar-refractivity contribution in [3.8, 4) is 0 Å². The van der Waals surface area contributed by atoms with Gasteiger partial charge in [-0.3, -0.25) is 24.0 Å². The molecule has 252 valence electrons. The number of fused-ring (bicyclic) bond motifs is 1. The molecule has 0 spiro atoms. The van der Waals surface area contributed by atoms with E-state index in [0.717, 1.165) is 42.9 Å². The summed E-state index contributed by atoms with van der Waals surface area (Å²) < 4.78 is 34.8. The van der Waals surface area contributed by atoms with Crippen molar-refractivity contribution < 1.29 is 48.3 Å². The van der Waals surface area contributed by atoms with Gasteiger partial charge in [0.2, 0.25) is 0 Å². The van der Waals surface area contributed by atoms with Crippen molar-refractivity contribution in [3.05, 3.63) is 63.8 Å². The quantitative estimate of drug-likeness (QED) is 0.182. The standard InChI is InChI=1S/C25H32F2N4O2.C6H8O7/c1-5-33-16-25(8-10-30(15-25)24(3,4)18-7-6-17(2)28-14-18)9-11-31-22-13-20(27)19(26)12-21(22)29-23(31)32;7-3(8)1-6(13,5(11)12)2-4(9)10/h6-7,12-14H,5,8-11,15-16H2,1-4H3,(H,29,32);13H,1-2H2,(H,7,8)(H,9,10)(H,11,12). The molecule has 1 atom stereocenters. The van der Waals surface area contributed by atoms with Crippen LogP contribution in [0.25, 0.3) is 11.0 Å². The second-order valence-corrected chi connectivity index (χ2v) is 12.1. The first-order valence-corrected chi connectivity index (χ1v) is 14.7. The number of aromatic amines is 1. The molecule has 0 aliphatic carbocycles. The van der Waals surface area contributed by atoms with Crippen LogP contribution < -0.4 is 5.69 Å². The molecule has 1 fully saturated rings. The number of likely N-dealkylation sites (tertiary alicyclic amines) is 1. The van der Waals surface area contributed by atoms with Gasteiger partial charge >= 0.3 is 23.6 Å². The summed E-state index contributed by atoms with van der Waals surface area (Å²) in [5.41, 5.74) is -0.613. The Morgan fingerprint density at radius 3 is 2.26 bits per heavy atom. The smallest absolute Gasteiger partial charge is 0.336 e. The number of nitrogens with one attached hydrogen (secondary N) is 1. The molecule has 1 aromatic carbocycles. The number of carboxylic acid groups (broad SMARTS) is 3. The number of aliphatic carboxylic acids is 3. The zero-order valence-electron chi connectivity index (χ0n) is 26.2. The number of imidazole rings is 1. The number of aliphatic hydroxyl groups is 1. The molecule has 0 saturated carbocycles. The van der Waals surface area contributed by atoms with E-state index in [9.17, 15) is 28.0 Å². The van der Waals surface area contributed by atoms with E-state index in [0.29, 0.717) is 37.2 Å². The first-order chi connectivity index (χ1) is 21.4. The number of rotatable bonds is 13. The van der Waals surface area contributed by atoms with Crippen LogP contribution in [0.3, 0.4) is 0 Å². The van der Waals surface area contributed by atoms with Gasteiger partial charge in [0, 0.05) is 54.7 Å².